The Morgan fingerprint density at radius 1 is 1.22 bits per heavy atom. The van der Waals surface area contributed by atoms with E-state index >= 15 is 0 Å². The van der Waals surface area contributed by atoms with Crippen LogP contribution in [0.1, 0.15) is 16.8 Å². The van der Waals surface area contributed by atoms with E-state index in [1.165, 1.54) is 21.1 Å². The number of rotatable bonds is 5. The first-order valence-corrected chi connectivity index (χ1v) is 6.85. The number of halogens is 1. The Kier molecular flexibility index (Phi) is 6.33. The van der Waals surface area contributed by atoms with Gasteiger partial charge in [-0.2, -0.15) is 0 Å². The van der Waals surface area contributed by atoms with Gasteiger partial charge in [0.2, 0.25) is 0 Å². The van der Waals surface area contributed by atoms with Crippen molar-refractivity contribution in [1.29, 1.82) is 0 Å². The number of hydrogen-bond acceptors (Lipinski definition) is 3. The summed E-state index contributed by atoms with van der Waals surface area (Å²) < 4.78 is 0. The number of benzene rings is 1. The van der Waals surface area contributed by atoms with Gasteiger partial charge in [0.15, 0.2) is 0 Å². The molecule has 0 amide bonds. The molecule has 0 spiro atoms. The first-order chi connectivity index (χ1) is 8.35. The Morgan fingerprint density at radius 2 is 1.94 bits per heavy atom. The molecule has 18 heavy (non-hydrogen) atoms. The molecule has 98 valence electrons. The van der Waals surface area contributed by atoms with Crippen molar-refractivity contribution in [1.82, 2.24) is 10.3 Å². The summed E-state index contributed by atoms with van der Waals surface area (Å²) in [7, 11) is 1.98. The summed E-state index contributed by atoms with van der Waals surface area (Å²) in [5.41, 5.74) is 2.40. The molecule has 0 bridgehead atoms. The van der Waals surface area contributed by atoms with Crippen LogP contribution >= 0.6 is 23.7 Å². The fourth-order valence-electron chi connectivity index (χ4n) is 1.80. The maximum Gasteiger partial charge on any atom is 0.0948 e. The van der Waals surface area contributed by atoms with Gasteiger partial charge in [-0.3, -0.25) is 0 Å². The zero-order valence-electron chi connectivity index (χ0n) is 10.8. The molecule has 0 aliphatic rings. The Hall–Kier alpha value is -0.900. The maximum atomic E-state index is 4.77. The van der Waals surface area contributed by atoms with Crippen LogP contribution in [-0.2, 0) is 12.8 Å². The van der Waals surface area contributed by atoms with Crippen LogP contribution in [0.4, 0.5) is 0 Å². The van der Waals surface area contributed by atoms with E-state index in [1.807, 2.05) is 24.5 Å². The van der Waals surface area contributed by atoms with Gasteiger partial charge in [0, 0.05) is 23.4 Å². The summed E-state index contributed by atoms with van der Waals surface area (Å²) in [6.45, 7) is 3.19. The molecule has 1 aromatic heterocycles. The van der Waals surface area contributed by atoms with E-state index in [0.29, 0.717) is 0 Å². The topological polar surface area (TPSA) is 24.9 Å². The standard InChI is InChI=1S/C14H18N2S.ClH/c1-3-12-14(11-7-5-4-6-8-11)16-13(17-12)9-10-15-2;/h4-8,15H,3,9-10H2,1-2H3;1H. The van der Waals surface area contributed by atoms with Crippen LogP contribution in [0.2, 0.25) is 0 Å². The number of aryl methyl sites for hydroxylation is 1. The summed E-state index contributed by atoms with van der Waals surface area (Å²) >= 11 is 1.84. The SMILES string of the molecule is CCc1sc(CCNC)nc1-c1ccccc1.Cl. The highest BCUT2D eigenvalue weighted by Crippen LogP contribution is 2.28. The number of nitrogens with one attached hydrogen (secondary N) is 1. The average Bonchev–Trinajstić information content (AvgIpc) is 2.80. The van der Waals surface area contributed by atoms with E-state index in [-0.39, 0.29) is 12.4 Å². The van der Waals surface area contributed by atoms with Crippen molar-refractivity contribution < 1.29 is 0 Å². The molecule has 1 N–H and O–H groups in total. The second-order valence-corrected chi connectivity index (χ2v) is 5.12. The quantitative estimate of drug-likeness (QED) is 0.907. The van der Waals surface area contributed by atoms with Crippen LogP contribution in [-0.4, -0.2) is 18.6 Å². The number of thiazole rings is 1. The van der Waals surface area contributed by atoms with E-state index in [4.69, 9.17) is 4.98 Å². The van der Waals surface area contributed by atoms with Crippen molar-refractivity contribution in [3.05, 3.63) is 40.2 Å². The molecule has 1 heterocycles. The molecule has 2 rings (SSSR count). The molecule has 0 fully saturated rings. The van der Waals surface area contributed by atoms with Crippen LogP contribution in [0.25, 0.3) is 11.3 Å². The van der Waals surface area contributed by atoms with Crippen LogP contribution in [0.15, 0.2) is 30.3 Å². The molecule has 0 radical (unpaired) electrons. The van der Waals surface area contributed by atoms with Crippen molar-refractivity contribution in [3.8, 4) is 11.3 Å². The largest absolute Gasteiger partial charge is 0.319 e. The molecule has 0 atom stereocenters. The van der Waals surface area contributed by atoms with Crippen LogP contribution < -0.4 is 5.32 Å². The van der Waals surface area contributed by atoms with Crippen molar-refractivity contribution in [2.75, 3.05) is 13.6 Å². The van der Waals surface area contributed by atoms with Crippen LogP contribution in [0, 0.1) is 0 Å². The lowest BCUT2D eigenvalue weighted by molar-refractivity contribution is 0.788. The van der Waals surface area contributed by atoms with Gasteiger partial charge in [0.1, 0.15) is 0 Å². The number of likely N-dealkylation sites (N-methyl/N-ethyl adjacent to an activating group) is 1. The molecule has 1 aromatic carbocycles. The highest BCUT2D eigenvalue weighted by molar-refractivity contribution is 7.12. The Morgan fingerprint density at radius 3 is 2.56 bits per heavy atom. The summed E-state index contributed by atoms with van der Waals surface area (Å²) in [5, 5.41) is 4.40. The maximum absolute atomic E-state index is 4.77. The fourth-order valence-corrected chi connectivity index (χ4v) is 2.83. The molecule has 0 unspecified atom stereocenters. The predicted octanol–water partition coefficient (Wildman–Crippen LogP) is 3.56. The summed E-state index contributed by atoms with van der Waals surface area (Å²) in [4.78, 5) is 6.16. The second-order valence-electron chi connectivity index (χ2n) is 3.95. The third kappa shape index (κ3) is 3.55. The predicted molar refractivity (Wildman–Crippen MR) is 81.8 cm³/mol. The lowest BCUT2D eigenvalue weighted by Gasteiger charge is -1.98. The third-order valence-electron chi connectivity index (χ3n) is 2.70. The van der Waals surface area contributed by atoms with Crippen LogP contribution in [0.3, 0.4) is 0 Å². The highest BCUT2D eigenvalue weighted by atomic mass is 35.5. The summed E-state index contributed by atoms with van der Waals surface area (Å²) in [6, 6.07) is 10.5. The second kappa shape index (κ2) is 7.52. The van der Waals surface area contributed by atoms with Crippen molar-refractivity contribution in [3.63, 3.8) is 0 Å². The van der Waals surface area contributed by atoms with Crippen molar-refractivity contribution >= 4 is 23.7 Å². The van der Waals surface area contributed by atoms with E-state index in [0.717, 1.165) is 19.4 Å². The first kappa shape index (κ1) is 15.2. The van der Waals surface area contributed by atoms with Crippen molar-refractivity contribution in [2.45, 2.75) is 19.8 Å². The van der Waals surface area contributed by atoms with Gasteiger partial charge in [-0.05, 0) is 13.5 Å². The Bertz CT molecular complexity index is 468. The van der Waals surface area contributed by atoms with Crippen LogP contribution in [0.5, 0.6) is 0 Å². The molecule has 0 saturated carbocycles. The minimum atomic E-state index is 0. The normalized spacial score (nSPS) is 10.1. The lowest BCUT2D eigenvalue weighted by Crippen LogP contribution is -2.09. The smallest absolute Gasteiger partial charge is 0.0948 e. The highest BCUT2D eigenvalue weighted by Gasteiger charge is 2.10. The molecule has 2 aromatic rings. The number of aromatic nitrogens is 1. The van der Waals surface area contributed by atoms with E-state index in [9.17, 15) is 0 Å². The van der Waals surface area contributed by atoms with Gasteiger partial charge >= 0.3 is 0 Å². The van der Waals surface area contributed by atoms with Gasteiger partial charge in [-0.1, -0.05) is 37.3 Å². The van der Waals surface area contributed by atoms with Gasteiger partial charge in [-0.15, -0.1) is 23.7 Å². The number of nitrogens with zero attached hydrogens (tertiary/aromatic N) is 1. The summed E-state index contributed by atoms with van der Waals surface area (Å²) in [6.07, 6.45) is 2.07. The molecule has 2 nitrogen and oxygen atoms in total. The zero-order chi connectivity index (χ0) is 12.1. The monoisotopic (exact) mass is 282 g/mol. The molecular weight excluding hydrogens is 264 g/mol. The van der Waals surface area contributed by atoms with E-state index in [2.05, 4.69) is 36.5 Å². The fraction of sp³-hybridized carbons (Fsp3) is 0.357. The average molecular weight is 283 g/mol. The molecule has 4 heteroatoms. The molecule has 0 saturated heterocycles. The minimum Gasteiger partial charge on any atom is -0.319 e. The Balaban J connectivity index is 0.00000162. The van der Waals surface area contributed by atoms with Gasteiger partial charge in [-0.25, -0.2) is 4.98 Å². The van der Waals surface area contributed by atoms with E-state index in [1.54, 1.807) is 0 Å². The molecule has 0 aliphatic carbocycles. The first-order valence-electron chi connectivity index (χ1n) is 6.03. The van der Waals surface area contributed by atoms with Gasteiger partial charge in [0.25, 0.3) is 0 Å². The minimum absolute atomic E-state index is 0. The zero-order valence-corrected chi connectivity index (χ0v) is 12.4. The molecular formula is C14H19ClN2S. The van der Waals surface area contributed by atoms with E-state index < -0.39 is 0 Å². The summed E-state index contributed by atoms with van der Waals surface area (Å²) in [5.74, 6) is 0. The Labute approximate surface area is 119 Å². The molecule has 0 aliphatic heterocycles. The van der Waals surface area contributed by atoms with Crippen molar-refractivity contribution in [2.24, 2.45) is 0 Å². The van der Waals surface area contributed by atoms with Gasteiger partial charge < -0.3 is 5.32 Å². The van der Waals surface area contributed by atoms with Gasteiger partial charge in [0.05, 0.1) is 10.7 Å². The number of hydrogen-bond donors (Lipinski definition) is 1. The third-order valence-corrected chi connectivity index (χ3v) is 3.96. The lowest BCUT2D eigenvalue weighted by atomic mass is 10.1.